The molecule has 0 bridgehead atoms. The van der Waals surface area contributed by atoms with E-state index in [2.05, 4.69) is 60.7 Å². The summed E-state index contributed by atoms with van der Waals surface area (Å²) in [5.41, 5.74) is 6.98. The molecule has 32 heavy (non-hydrogen) atoms. The maximum Gasteiger partial charge on any atom is 0.221 e. The number of anilines is 2. The van der Waals surface area contributed by atoms with E-state index < -0.39 is 0 Å². The third kappa shape index (κ3) is 4.08. The Kier molecular flexibility index (Phi) is 6.38. The lowest BCUT2D eigenvalue weighted by Gasteiger charge is -2.58. The molecule has 2 fully saturated rings. The summed E-state index contributed by atoms with van der Waals surface area (Å²) in [5, 5.41) is 9.50. The summed E-state index contributed by atoms with van der Waals surface area (Å²) in [6.07, 6.45) is 12.8. The Hall–Kier alpha value is -1.92. The van der Waals surface area contributed by atoms with Gasteiger partial charge in [-0.1, -0.05) is 44.9 Å². The van der Waals surface area contributed by atoms with Gasteiger partial charge in [-0.05, 0) is 74.2 Å². The van der Waals surface area contributed by atoms with Gasteiger partial charge in [0.25, 0.3) is 0 Å². The second kappa shape index (κ2) is 8.79. The van der Waals surface area contributed by atoms with Gasteiger partial charge in [0, 0.05) is 7.05 Å². The highest BCUT2D eigenvalue weighted by atomic mass is 16.5. The van der Waals surface area contributed by atoms with Crippen LogP contribution in [0.25, 0.3) is 0 Å². The third-order valence-corrected chi connectivity index (χ3v) is 8.92. The first-order valence-corrected chi connectivity index (χ1v) is 12.3. The molecule has 0 aromatic carbocycles. The summed E-state index contributed by atoms with van der Waals surface area (Å²) < 4.78 is 0. The van der Waals surface area contributed by atoms with Crippen LogP contribution in [-0.2, 0) is 0 Å². The van der Waals surface area contributed by atoms with Gasteiger partial charge in [-0.2, -0.15) is 0 Å². The van der Waals surface area contributed by atoms with E-state index in [1.165, 1.54) is 60.9 Å². The zero-order chi connectivity index (χ0) is 23.1. The van der Waals surface area contributed by atoms with Crippen LogP contribution >= 0.6 is 0 Å². The van der Waals surface area contributed by atoms with Gasteiger partial charge in [0.1, 0.15) is 12.9 Å². The van der Waals surface area contributed by atoms with Crippen LogP contribution in [-0.4, -0.2) is 35.4 Å². The lowest BCUT2D eigenvalue weighted by molar-refractivity contribution is -0.818. The van der Waals surface area contributed by atoms with Crippen LogP contribution in [0.5, 0.6) is 0 Å². The molecule has 2 heterocycles. The predicted octanol–water partition coefficient (Wildman–Crippen LogP) is 4.73. The van der Waals surface area contributed by atoms with Crippen LogP contribution in [0, 0.1) is 22.7 Å². The van der Waals surface area contributed by atoms with Crippen LogP contribution in [0.4, 0.5) is 17.3 Å². The zero-order valence-electron chi connectivity index (χ0n) is 20.7. The molecular weight excluding hydrogens is 398 g/mol. The lowest BCUT2D eigenvalue weighted by atomic mass is 9.47. The summed E-state index contributed by atoms with van der Waals surface area (Å²) in [4.78, 5) is 12.0. The molecule has 6 nitrogen and oxygen atoms in total. The maximum atomic E-state index is 9.50. The molecule has 2 aliphatic carbocycles. The first kappa shape index (κ1) is 23.2. The monoisotopic (exact) mass is 440 g/mol. The highest BCUT2D eigenvalue weighted by molar-refractivity contribution is 5.70. The molecule has 6 heteroatoms. The average Bonchev–Trinajstić information content (AvgIpc) is 3.07. The summed E-state index contributed by atoms with van der Waals surface area (Å²) in [6, 6.07) is 0. The fourth-order valence-corrected chi connectivity index (χ4v) is 7.26. The van der Waals surface area contributed by atoms with E-state index in [0.717, 1.165) is 37.1 Å². The fourth-order valence-electron chi connectivity index (χ4n) is 7.26. The van der Waals surface area contributed by atoms with Crippen molar-refractivity contribution < 1.29 is 10.1 Å². The van der Waals surface area contributed by atoms with Crippen molar-refractivity contribution in [2.45, 2.75) is 72.6 Å². The fraction of sp³-hybridized carbons (Fsp3) is 0.692. The van der Waals surface area contributed by atoms with E-state index in [9.17, 15) is 5.21 Å². The van der Waals surface area contributed by atoms with Crippen molar-refractivity contribution in [2.75, 3.05) is 30.6 Å². The first-order valence-electron chi connectivity index (χ1n) is 12.3. The minimum absolute atomic E-state index is 0.401. The van der Waals surface area contributed by atoms with Gasteiger partial charge in [-0.25, -0.2) is 15.4 Å². The number of hydrogen-bond acceptors (Lipinski definition) is 5. The van der Waals surface area contributed by atoms with Crippen molar-refractivity contribution >= 4 is 17.3 Å². The van der Waals surface area contributed by atoms with Gasteiger partial charge < -0.3 is 4.90 Å². The normalized spacial score (nSPS) is 31.9. The Balaban J connectivity index is 1.43. The van der Waals surface area contributed by atoms with Gasteiger partial charge in [0.2, 0.25) is 17.3 Å². The molecule has 1 aromatic heterocycles. The SMILES string of the molecule is C=C1CC[C@@H]2C(C)(C)CCC[C@@]2(C)[C@@H]1CC/C(C)=C/C[NH+]1CN(C)c2ncnc(NO)c21. The molecule has 4 atom stereocenters. The Labute approximate surface area is 193 Å². The molecule has 1 aromatic rings. The van der Waals surface area contributed by atoms with Crippen LogP contribution in [0.15, 0.2) is 30.1 Å². The molecule has 2 saturated carbocycles. The van der Waals surface area contributed by atoms with E-state index in [1.807, 2.05) is 7.05 Å². The van der Waals surface area contributed by atoms with Crippen LogP contribution < -0.4 is 15.3 Å². The van der Waals surface area contributed by atoms with Gasteiger partial charge in [-0.3, -0.25) is 10.1 Å². The Morgan fingerprint density at radius 3 is 2.88 bits per heavy atom. The van der Waals surface area contributed by atoms with Crippen LogP contribution in [0.3, 0.4) is 0 Å². The molecule has 1 aliphatic heterocycles. The molecule has 3 aliphatic rings. The molecule has 4 rings (SSSR count). The molecule has 0 spiro atoms. The number of quaternary nitrogens is 1. The number of hydrogen-bond donors (Lipinski definition) is 3. The van der Waals surface area contributed by atoms with Crippen molar-refractivity contribution in [3.63, 3.8) is 0 Å². The summed E-state index contributed by atoms with van der Waals surface area (Å²) in [5.74, 6) is 2.83. The number of fused-ring (bicyclic) bond motifs is 2. The van der Waals surface area contributed by atoms with Crippen LogP contribution in [0.2, 0.25) is 0 Å². The van der Waals surface area contributed by atoms with E-state index in [4.69, 9.17) is 0 Å². The number of aromatic nitrogens is 2. The smallest absolute Gasteiger partial charge is 0.221 e. The minimum Gasteiger partial charge on any atom is -0.307 e. The second-order valence-electron chi connectivity index (χ2n) is 11.4. The van der Waals surface area contributed by atoms with Gasteiger partial charge in [0.05, 0.1) is 0 Å². The van der Waals surface area contributed by atoms with Crippen molar-refractivity contribution in [1.29, 1.82) is 0 Å². The molecule has 0 radical (unpaired) electrons. The van der Waals surface area contributed by atoms with Gasteiger partial charge in [0.15, 0.2) is 6.67 Å². The summed E-state index contributed by atoms with van der Waals surface area (Å²) in [7, 11) is 2.04. The first-order chi connectivity index (χ1) is 15.2. The second-order valence-corrected chi connectivity index (χ2v) is 11.4. The third-order valence-electron chi connectivity index (χ3n) is 8.92. The summed E-state index contributed by atoms with van der Waals surface area (Å²) in [6.45, 7) is 16.1. The molecule has 0 saturated heterocycles. The number of nitrogens with one attached hydrogen (secondary N) is 2. The van der Waals surface area contributed by atoms with Crippen molar-refractivity contribution in [1.82, 2.24) is 9.97 Å². The van der Waals surface area contributed by atoms with Crippen molar-refractivity contribution in [3.05, 3.63) is 30.1 Å². The predicted molar refractivity (Wildman–Crippen MR) is 130 cm³/mol. The molecule has 3 N–H and O–H groups in total. The lowest BCUT2D eigenvalue weighted by Crippen LogP contribution is -3.06. The van der Waals surface area contributed by atoms with Gasteiger partial charge in [-0.15, -0.1) is 0 Å². The van der Waals surface area contributed by atoms with E-state index in [1.54, 1.807) is 0 Å². The topological polar surface area (TPSA) is 65.7 Å². The number of nitrogens with zero attached hydrogens (tertiary/aromatic N) is 3. The zero-order valence-corrected chi connectivity index (χ0v) is 20.7. The Morgan fingerprint density at radius 1 is 1.34 bits per heavy atom. The van der Waals surface area contributed by atoms with E-state index >= 15 is 0 Å². The highest BCUT2D eigenvalue weighted by Gasteiger charge is 2.52. The average molecular weight is 441 g/mol. The standard InChI is InChI=1S/C26H41N5O/c1-18(12-15-31-17-30(6)24-22(31)23(29-32)27-16-28-24)8-10-20-19(2)9-11-21-25(3,4)13-7-14-26(20,21)5/h12,16,20-21,32H,2,7-11,13-15,17H2,1,3-6H3,(H,27,28,29)/p+1/b18-12+/t20-,21-,26+/m1/s1. The Bertz CT molecular complexity index is 894. The van der Waals surface area contributed by atoms with Crippen molar-refractivity contribution in [2.24, 2.45) is 22.7 Å². The van der Waals surface area contributed by atoms with Crippen LogP contribution in [0.1, 0.15) is 72.6 Å². The molecule has 176 valence electrons. The largest absolute Gasteiger partial charge is 0.307 e. The highest BCUT2D eigenvalue weighted by Crippen LogP contribution is 2.61. The Morgan fingerprint density at radius 2 is 2.12 bits per heavy atom. The molecule has 1 unspecified atom stereocenters. The van der Waals surface area contributed by atoms with Gasteiger partial charge >= 0.3 is 0 Å². The quantitative estimate of drug-likeness (QED) is 0.441. The van der Waals surface area contributed by atoms with E-state index in [-0.39, 0.29) is 0 Å². The molecule has 0 amide bonds. The molecular formula is C26H42N5O+. The number of rotatable bonds is 6. The maximum absolute atomic E-state index is 9.50. The van der Waals surface area contributed by atoms with Crippen molar-refractivity contribution in [3.8, 4) is 0 Å². The van der Waals surface area contributed by atoms with E-state index in [0.29, 0.717) is 22.6 Å². The minimum atomic E-state index is 0.401. The summed E-state index contributed by atoms with van der Waals surface area (Å²) >= 11 is 0. The number of allylic oxidation sites excluding steroid dienone is 2.